The first kappa shape index (κ1) is 19.7. The number of rotatable bonds is 5. The summed E-state index contributed by atoms with van der Waals surface area (Å²) in [6.45, 7) is 0.323. The van der Waals surface area contributed by atoms with Crippen LogP contribution in [-0.2, 0) is 12.3 Å². The summed E-state index contributed by atoms with van der Waals surface area (Å²) in [6, 6.07) is 12.4. The van der Waals surface area contributed by atoms with Crippen molar-refractivity contribution in [1.29, 1.82) is 5.26 Å². The van der Waals surface area contributed by atoms with Gasteiger partial charge in [0.1, 0.15) is 5.69 Å². The molecule has 0 saturated carbocycles. The topological polar surface area (TPSA) is 109 Å². The Morgan fingerprint density at radius 1 is 1.25 bits per heavy atom. The first-order chi connectivity index (χ1) is 11.1. The van der Waals surface area contributed by atoms with Crippen LogP contribution in [0.25, 0.3) is 0 Å². The minimum Gasteiger partial charge on any atom is -0.361 e. The van der Waals surface area contributed by atoms with E-state index in [-0.39, 0.29) is 28.6 Å². The van der Waals surface area contributed by atoms with Crippen LogP contribution in [0.2, 0.25) is 0 Å². The molecular formula is C16H15BrN4O2S. The fraction of sp³-hybridized carbons (Fsp3) is 0.125. The van der Waals surface area contributed by atoms with Crippen LogP contribution in [0.1, 0.15) is 27.2 Å². The standard InChI is InChI=1S/C16H14N4O2S.BrH/c17-8-11-3-5-12(6-4-11)9-20-15(21)14-13(2-1-7-19-14)10-23-16(18)22;/h1-7H,9-10H2,(H2,18,22)(H,20,21);1H. The predicted octanol–water partition coefficient (Wildman–Crippen LogP) is 2.77. The predicted molar refractivity (Wildman–Crippen MR) is 97.8 cm³/mol. The number of thioether (sulfide) groups is 1. The second-order valence-electron chi connectivity index (χ2n) is 4.61. The molecule has 0 fully saturated rings. The van der Waals surface area contributed by atoms with Crippen molar-refractivity contribution < 1.29 is 9.59 Å². The lowest BCUT2D eigenvalue weighted by Gasteiger charge is -2.08. The molecule has 0 aliphatic rings. The zero-order valence-electron chi connectivity index (χ0n) is 12.6. The maximum absolute atomic E-state index is 12.3. The second kappa shape index (κ2) is 9.70. The molecule has 0 aliphatic heterocycles. The number of halogens is 1. The largest absolute Gasteiger partial charge is 0.361 e. The van der Waals surface area contributed by atoms with Gasteiger partial charge in [0, 0.05) is 18.5 Å². The summed E-state index contributed by atoms with van der Waals surface area (Å²) in [4.78, 5) is 27.2. The average Bonchev–Trinajstić information content (AvgIpc) is 2.58. The van der Waals surface area contributed by atoms with Crippen molar-refractivity contribution in [2.45, 2.75) is 12.3 Å². The van der Waals surface area contributed by atoms with Crippen LogP contribution in [0.4, 0.5) is 4.79 Å². The highest BCUT2D eigenvalue weighted by atomic mass is 79.9. The van der Waals surface area contributed by atoms with Gasteiger partial charge in [0.15, 0.2) is 0 Å². The SMILES string of the molecule is Br.N#Cc1ccc(CNC(=O)c2ncccc2CSC(N)=O)cc1. The Bertz CT molecular complexity index is 759. The number of pyridine rings is 1. The molecule has 2 amide bonds. The molecule has 0 aliphatic carbocycles. The maximum atomic E-state index is 12.3. The monoisotopic (exact) mass is 406 g/mol. The van der Waals surface area contributed by atoms with Gasteiger partial charge in [0.05, 0.1) is 11.6 Å². The molecule has 0 saturated heterocycles. The average molecular weight is 407 g/mol. The summed E-state index contributed by atoms with van der Waals surface area (Å²) in [7, 11) is 0. The minimum atomic E-state index is -0.502. The number of hydrogen-bond donors (Lipinski definition) is 2. The number of primary amides is 1. The van der Waals surface area contributed by atoms with Crippen LogP contribution < -0.4 is 11.1 Å². The fourth-order valence-corrected chi connectivity index (χ4v) is 2.40. The van der Waals surface area contributed by atoms with E-state index in [9.17, 15) is 9.59 Å². The number of nitrogens with two attached hydrogens (primary N) is 1. The van der Waals surface area contributed by atoms with Crippen molar-refractivity contribution in [1.82, 2.24) is 10.3 Å². The molecule has 0 bridgehead atoms. The Morgan fingerprint density at radius 2 is 1.96 bits per heavy atom. The lowest BCUT2D eigenvalue weighted by Crippen LogP contribution is -2.25. The van der Waals surface area contributed by atoms with Crippen LogP contribution in [0.5, 0.6) is 0 Å². The molecule has 0 radical (unpaired) electrons. The molecule has 1 aromatic carbocycles. The number of nitrogens with zero attached hydrogens (tertiary/aromatic N) is 2. The molecule has 0 unspecified atom stereocenters. The van der Waals surface area contributed by atoms with E-state index in [1.807, 2.05) is 6.07 Å². The summed E-state index contributed by atoms with van der Waals surface area (Å²) in [5, 5.41) is 11.0. The third-order valence-corrected chi connectivity index (χ3v) is 3.75. The Labute approximate surface area is 154 Å². The molecule has 24 heavy (non-hydrogen) atoms. The van der Waals surface area contributed by atoms with Crippen molar-refractivity contribution in [2.75, 3.05) is 0 Å². The number of hydrogen-bond acceptors (Lipinski definition) is 5. The molecular weight excluding hydrogens is 392 g/mol. The van der Waals surface area contributed by atoms with E-state index in [2.05, 4.69) is 10.3 Å². The lowest BCUT2D eigenvalue weighted by atomic mass is 10.1. The lowest BCUT2D eigenvalue weighted by molar-refractivity contribution is 0.0945. The quantitative estimate of drug-likeness (QED) is 0.792. The number of carbonyl (C=O) groups excluding carboxylic acids is 2. The molecule has 0 atom stereocenters. The van der Waals surface area contributed by atoms with Crippen LogP contribution in [0, 0.1) is 11.3 Å². The number of carbonyl (C=O) groups is 2. The van der Waals surface area contributed by atoms with Crippen molar-refractivity contribution in [3.05, 3.63) is 65.0 Å². The first-order valence-electron chi connectivity index (χ1n) is 6.73. The number of benzene rings is 1. The summed E-state index contributed by atoms with van der Waals surface area (Å²) >= 11 is 0.923. The highest BCUT2D eigenvalue weighted by Gasteiger charge is 2.13. The van der Waals surface area contributed by atoms with E-state index in [4.69, 9.17) is 11.0 Å². The van der Waals surface area contributed by atoms with Gasteiger partial charge in [-0.25, -0.2) is 0 Å². The third kappa shape index (κ3) is 5.68. The highest BCUT2D eigenvalue weighted by Crippen LogP contribution is 2.15. The molecule has 3 N–H and O–H groups in total. The Balaban J connectivity index is 0.00000288. The van der Waals surface area contributed by atoms with Gasteiger partial charge in [0.25, 0.3) is 11.1 Å². The van der Waals surface area contributed by atoms with Crippen molar-refractivity contribution in [3.8, 4) is 6.07 Å². The maximum Gasteiger partial charge on any atom is 0.276 e. The zero-order valence-corrected chi connectivity index (χ0v) is 15.1. The molecule has 6 nitrogen and oxygen atoms in total. The number of nitrogens with one attached hydrogen (secondary N) is 1. The van der Waals surface area contributed by atoms with Crippen LogP contribution in [0.3, 0.4) is 0 Å². The van der Waals surface area contributed by atoms with E-state index in [1.165, 1.54) is 6.20 Å². The van der Waals surface area contributed by atoms with E-state index in [1.54, 1.807) is 36.4 Å². The van der Waals surface area contributed by atoms with Crippen molar-refractivity contribution in [3.63, 3.8) is 0 Å². The first-order valence-corrected chi connectivity index (χ1v) is 7.72. The number of nitriles is 1. The number of aromatic nitrogens is 1. The number of amides is 2. The summed E-state index contributed by atoms with van der Waals surface area (Å²) in [5.41, 5.74) is 7.47. The van der Waals surface area contributed by atoms with Crippen LogP contribution in [0.15, 0.2) is 42.6 Å². The molecule has 2 aromatic rings. The summed E-state index contributed by atoms with van der Waals surface area (Å²) < 4.78 is 0. The van der Waals surface area contributed by atoms with Gasteiger partial charge in [-0.1, -0.05) is 30.0 Å². The highest BCUT2D eigenvalue weighted by molar-refractivity contribution is 8.93. The molecule has 1 aromatic heterocycles. The third-order valence-electron chi connectivity index (χ3n) is 3.01. The Kier molecular flexibility index (Phi) is 7.95. The van der Waals surface area contributed by atoms with Gasteiger partial charge in [0.2, 0.25) is 0 Å². The van der Waals surface area contributed by atoms with Gasteiger partial charge in [-0.3, -0.25) is 14.6 Å². The molecule has 8 heteroatoms. The van der Waals surface area contributed by atoms with Crippen molar-refractivity contribution in [2.24, 2.45) is 5.73 Å². The van der Waals surface area contributed by atoms with Crippen molar-refractivity contribution >= 4 is 39.9 Å². The molecule has 1 heterocycles. The van der Waals surface area contributed by atoms with Gasteiger partial charge in [-0.2, -0.15) is 5.26 Å². The zero-order chi connectivity index (χ0) is 16.7. The van der Waals surface area contributed by atoms with E-state index in [0.29, 0.717) is 23.4 Å². The van der Waals surface area contributed by atoms with Gasteiger partial charge < -0.3 is 11.1 Å². The smallest absolute Gasteiger partial charge is 0.276 e. The Morgan fingerprint density at radius 3 is 2.58 bits per heavy atom. The summed E-state index contributed by atoms with van der Waals surface area (Å²) in [5.74, 6) is -0.0296. The Hall–Kier alpha value is -2.37. The minimum absolute atomic E-state index is 0. The molecule has 0 spiro atoms. The summed E-state index contributed by atoms with van der Waals surface area (Å²) in [6.07, 6.45) is 1.52. The van der Waals surface area contributed by atoms with Gasteiger partial charge in [-0.15, -0.1) is 17.0 Å². The van der Waals surface area contributed by atoms with E-state index in [0.717, 1.165) is 17.3 Å². The van der Waals surface area contributed by atoms with E-state index >= 15 is 0 Å². The fourth-order valence-electron chi connectivity index (χ4n) is 1.87. The molecule has 124 valence electrons. The van der Waals surface area contributed by atoms with E-state index < -0.39 is 5.24 Å². The van der Waals surface area contributed by atoms with Crippen LogP contribution >= 0.6 is 28.7 Å². The second-order valence-corrected chi connectivity index (χ2v) is 5.59. The van der Waals surface area contributed by atoms with Gasteiger partial charge in [-0.05, 0) is 29.3 Å². The van der Waals surface area contributed by atoms with Gasteiger partial charge >= 0.3 is 0 Å². The van der Waals surface area contributed by atoms with Crippen LogP contribution in [-0.4, -0.2) is 16.1 Å². The normalized spacial score (nSPS) is 9.46. The molecule has 2 rings (SSSR count).